The Labute approximate surface area is 134 Å². The number of aryl methyl sites for hydroxylation is 2. The lowest BCUT2D eigenvalue weighted by atomic mass is 10.3. The van der Waals surface area contributed by atoms with Crippen LogP contribution in [0.15, 0.2) is 23.0 Å². The third-order valence-corrected chi connectivity index (χ3v) is 3.70. The Balaban J connectivity index is 2.49. The van der Waals surface area contributed by atoms with Gasteiger partial charge in [0.15, 0.2) is 16.4 Å². The topological polar surface area (TPSA) is 60.7 Å². The summed E-state index contributed by atoms with van der Waals surface area (Å²) >= 11 is 11.6. The molecule has 0 spiro atoms. The van der Waals surface area contributed by atoms with Crippen molar-refractivity contribution in [2.45, 2.75) is 13.8 Å². The molecule has 2 aromatic heterocycles. The zero-order valence-corrected chi connectivity index (χ0v) is 13.1. The van der Waals surface area contributed by atoms with E-state index < -0.39 is 11.4 Å². The van der Waals surface area contributed by atoms with Crippen LogP contribution in [0.2, 0.25) is 10.2 Å². The molecule has 0 fully saturated rings. The van der Waals surface area contributed by atoms with Crippen LogP contribution in [0.5, 0.6) is 0 Å². The smallest absolute Gasteiger partial charge is 0.265 e. The Hall–Kier alpha value is -2.05. The Bertz CT molecular complexity index is 971. The Morgan fingerprint density at radius 2 is 1.77 bits per heavy atom. The van der Waals surface area contributed by atoms with Gasteiger partial charge >= 0.3 is 0 Å². The van der Waals surface area contributed by atoms with E-state index in [2.05, 4.69) is 15.0 Å². The number of hydrogen-bond acceptors (Lipinski definition) is 4. The molecule has 112 valence electrons. The fourth-order valence-electron chi connectivity index (χ4n) is 2.02. The monoisotopic (exact) mass is 338 g/mol. The molecule has 0 saturated heterocycles. The molecule has 0 aliphatic rings. The van der Waals surface area contributed by atoms with Gasteiger partial charge < -0.3 is 0 Å². The molecule has 3 aromatic rings. The van der Waals surface area contributed by atoms with Crippen LogP contribution in [0.1, 0.15) is 11.4 Å². The van der Waals surface area contributed by atoms with E-state index in [1.165, 1.54) is 12.1 Å². The van der Waals surface area contributed by atoms with Crippen LogP contribution < -0.4 is 5.56 Å². The molecule has 0 aliphatic heterocycles. The number of hydrogen-bond donors (Lipinski definition) is 0. The van der Waals surface area contributed by atoms with Crippen molar-refractivity contribution in [2.75, 3.05) is 0 Å². The summed E-state index contributed by atoms with van der Waals surface area (Å²) in [5.74, 6) is -0.668. The average molecular weight is 339 g/mol. The number of nitrogens with zero attached hydrogens (tertiary/aromatic N) is 4. The summed E-state index contributed by atoms with van der Waals surface area (Å²) in [5, 5.41) is -0.0868. The van der Waals surface area contributed by atoms with E-state index in [9.17, 15) is 9.18 Å². The van der Waals surface area contributed by atoms with Crippen LogP contribution in [-0.2, 0) is 0 Å². The lowest BCUT2D eigenvalue weighted by Crippen LogP contribution is -2.23. The molecule has 0 amide bonds. The minimum atomic E-state index is -0.673. The summed E-state index contributed by atoms with van der Waals surface area (Å²) in [6.45, 7) is 3.50. The Morgan fingerprint density at radius 1 is 1.09 bits per heavy atom. The van der Waals surface area contributed by atoms with Gasteiger partial charge in [0.25, 0.3) is 5.56 Å². The number of fused-ring (bicyclic) bond motifs is 1. The average Bonchev–Trinajstić information content (AvgIpc) is 2.44. The van der Waals surface area contributed by atoms with E-state index in [1.807, 2.05) is 0 Å². The van der Waals surface area contributed by atoms with Crippen molar-refractivity contribution in [3.63, 3.8) is 0 Å². The van der Waals surface area contributed by atoms with Gasteiger partial charge in [-0.3, -0.25) is 9.36 Å². The summed E-state index contributed by atoms with van der Waals surface area (Å²) in [6.07, 6.45) is 0. The molecular formula is C14H9Cl2FN4O. The van der Waals surface area contributed by atoms with E-state index in [0.717, 1.165) is 10.6 Å². The summed E-state index contributed by atoms with van der Waals surface area (Å²) in [4.78, 5) is 24.8. The van der Waals surface area contributed by atoms with Crippen molar-refractivity contribution in [2.24, 2.45) is 0 Å². The normalized spacial score (nSPS) is 11.1. The Kier molecular flexibility index (Phi) is 3.58. The van der Waals surface area contributed by atoms with Gasteiger partial charge in [0.1, 0.15) is 5.82 Å². The van der Waals surface area contributed by atoms with Crippen molar-refractivity contribution in [3.05, 3.63) is 55.9 Å². The van der Waals surface area contributed by atoms with E-state index in [4.69, 9.17) is 23.2 Å². The van der Waals surface area contributed by atoms with Gasteiger partial charge in [-0.15, -0.1) is 0 Å². The second-order valence-corrected chi connectivity index (χ2v) is 5.47. The van der Waals surface area contributed by atoms with Crippen molar-refractivity contribution < 1.29 is 4.39 Å². The first-order chi connectivity index (χ1) is 10.4. The van der Waals surface area contributed by atoms with Crippen molar-refractivity contribution >= 4 is 34.5 Å². The SMILES string of the molecule is Cc1nc2nc(Cl)c(=O)n(-c3ccc(Cl)cc3F)c2nc1C. The zero-order chi connectivity index (χ0) is 16.0. The van der Waals surface area contributed by atoms with Crippen LogP contribution in [0.4, 0.5) is 4.39 Å². The third kappa shape index (κ3) is 2.34. The lowest BCUT2D eigenvalue weighted by Gasteiger charge is -2.11. The van der Waals surface area contributed by atoms with E-state index in [0.29, 0.717) is 11.4 Å². The highest BCUT2D eigenvalue weighted by Gasteiger charge is 2.17. The van der Waals surface area contributed by atoms with Gasteiger partial charge in [0.2, 0.25) is 0 Å². The van der Waals surface area contributed by atoms with Crippen molar-refractivity contribution in [1.29, 1.82) is 0 Å². The predicted octanol–water partition coefficient (Wildman–Crippen LogP) is 3.24. The fourth-order valence-corrected chi connectivity index (χ4v) is 2.34. The minimum Gasteiger partial charge on any atom is -0.265 e. The third-order valence-electron chi connectivity index (χ3n) is 3.22. The first kappa shape index (κ1) is 14.9. The summed E-state index contributed by atoms with van der Waals surface area (Å²) in [7, 11) is 0. The summed E-state index contributed by atoms with van der Waals surface area (Å²) < 4.78 is 15.3. The van der Waals surface area contributed by atoms with Crippen LogP contribution in [0.25, 0.3) is 17.0 Å². The minimum absolute atomic E-state index is 0.0127. The Morgan fingerprint density at radius 3 is 2.45 bits per heavy atom. The molecule has 1 aromatic carbocycles. The van der Waals surface area contributed by atoms with Crippen LogP contribution in [0.3, 0.4) is 0 Å². The predicted molar refractivity (Wildman–Crippen MR) is 82.4 cm³/mol. The summed E-state index contributed by atoms with van der Waals surface area (Å²) in [5.41, 5.74) is 0.881. The first-order valence-electron chi connectivity index (χ1n) is 6.27. The van der Waals surface area contributed by atoms with Crippen LogP contribution in [-0.4, -0.2) is 19.5 Å². The fraction of sp³-hybridized carbons (Fsp3) is 0.143. The molecule has 5 nitrogen and oxygen atoms in total. The second kappa shape index (κ2) is 5.30. The van der Waals surface area contributed by atoms with Crippen LogP contribution >= 0.6 is 23.2 Å². The van der Waals surface area contributed by atoms with E-state index >= 15 is 0 Å². The molecule has 0 radical (unpaired) electrons. The zero-order valence-electron chi connectivity index (χ0n) is 11.6. The van der Waals surface area contributed by atoms with Gasteiger partial charge in [0, 0.05) is 5.02 Å². The maximum absolute atomic E-state index is 14.2. The molecule has 0 saturated carbocycles. The first-order valence-corrected chi connectivity index (χ1v) is 7.03. The lowest BCUT2D eigenvalue weighted by molar-refractivity contribution is 0.617. The van der Waals surface area contributed by atoms with Gasteiger partial charge in [-0.05, 0) is 32.0 Å². The van der Waals surface area contributed by atoms with Crippen molar-refractivity contribution in [3.8, 4) is 5.69 Å². The number of rotatable bonds is 1. The molecule has 0 aliphatic carbocycles. The van der Waals surface area contributed by atoms with Crippen molar-refractivity contribution in [1.82, 2.24) is 19.5 Å². The second-order valence-electron chi connectivity index (χ2n) is 4.68. The maximum atomic E-state index is 14.2. The standard InChI is InChI=1S/C14H9Cl2FN4O/c1-6-7(2)19-13-12(18-6)20-11(16)14(22)21(13)10-4-3-8(15)5-9(10)17/h3-5H,1-2H3. The van der Waals surface area contributed by atoms with Crippen LogP contribution in [0, 0.1) is 19.7 Å². The molecule has 0 N–H and O–H groups in total. The molecule has 0 atom stereocenters. The highest BCUT2D eigenvalue weighted by molar-refractivity contribution is 6.30. The molecule has 2 heterocycles. The quantitative estimate of drug-likeness (QED) is 0.683. The maximum Gasteiger partial charge on any atom is 0.294 e. The van der Waals surface area contributed by atoms with Gasteiger partial charge in [-0.1, -0.05) is 23.2 Å². The molecular weight excluding hydrogens is 330 g/mol. The van der Waals surface area contributed by atoms with Gasteiger partial charge in [0.05, 0.1) is 17.1 Å². The van der Waals surface area contributed by atoms with E-state index in [-0.39, 0.29) is 27.2 Å². The molecule has 22 heavy (non-hydrogen) atoms. The molecule has 0 unspecified atom stereocenters. The number of benzene rings is 1. The molecule has 3 rings (SSSR count). The number of halogens is 3. The molecule has 0 bridgehead atoms. The molecule has 8 heteroatoms. The summed E-state index contributed by atoms with van der Waals surface area (Å²) in [6, 6.07) is 3.96. The highest BCUT2D eigenvalue weighted by atomic mass is 35.5. The van der Waals surface area contributed by atoms with Gasteiger partial charge in [-0.2, -0.15) is 0 Å². The largest absolute Gasteiger partial charge is 0.294 e. The highest BCUT2D eigenvalue weighted by Crippen LogP contribution is 2.21. The van der Waals surface area contributed by atoms with Gasteiger partial charge in [-0.25, -0.2) is 19.3 Å². The number of aromatic nitrogens is 4. The van der Waals surface area contributed by atoms with E-state index in [1.54, 1.807) is 13.8 Å².